The van der Waals surface area contributed by atoms with Gasteiger partial charge in [-0.3, -0.25) is 0 Å². The monoisotopic (exact) mass is 281 g/mol. The van der Waals surface area contributed by atoms with E-state index in [-0.39, 0.29) is 6.61 Å². The van der Waals surface area contributed by atoms with E-state index in [9.17, 15) is 4.79 Å². The first kappa shape index (κ1) is 14.7. The molecule has 0 atom stereocenters. The molecule has 0 saturated carbocycles. The molecule has 0 bridgehead atoms. The SMILES string of the molecule is [CH2]/C=C/c1ccc(N)cc1C(=O)OCc1ccc(N)cc1. The second-order valence-corrected chi connectivity index (χ2v) is 4.57. The molecule has 2 aromatic rings. The van der Waals surface area contributed by atoms with Crippen molar-refractivity contribution in [2.75, 3.05) is 11.5 Å². The summed E-state index contributed by atoms with van der Waals surface area (Å²) in [7, 11) is 0. The van der Waals surface area contributed by atoms with Gasteiger partial charge < -0.3 is 16.2 Å². The van der Waals surface area contributed by atoms with Crippen molar-refractivity contribution >= 4 is 23.4 Å². The van der Waals surface area contributed by atoms with E-state index >= 15 is 0 Å². The molecule has 0 aliphatic rings. The van der Waals surface area contributed by atoms with E-state index in [0.717, 1.165) is 11.1 Å². The van der Waals surface area contributed by atoms with Crippen LogP contribution < -0.4 is 11.5 Å². The summed E-state index contributed by atoms with van der Waals surface area (Å²) in [6, 6.07) is 12.3. The third kappa shape index (κ3) is 3.86. The summed E-state index contributed by atoms with van der Waals surface area (Å²) >= 11 is 0. The largest absolute Gasteiger partial charge is 0.457 e. The van der Waals surface area contributed by atoms with Crippen molar-refractivity contribution in [3.8, 4) is 0 Å². The number of allylic oxidation sites excluding steroid dienone is 1. The van der Waals surface area contributed by atoms with Gasteiger partial charge in [0.05, 0.1) is 5.56 Å². The average Bonchev–Trinajstić information content (AvgIpc) is 2.48. The number of hydrogen-bond acceptors (Lipinski definition) is 4. The Balaban J connectivity index is 2.13. The fraction of sp³-hybridized carbons (Fsp3) is 0.0588. The lowest BCUT2D eigenvalue weighted by molar-refractivity contribution is 0.0472. The maximum absolute atomic E-state index is 12.2. The number of benzene rings is 2. The second-order valence-electron chi connectivity index (χ2n) is 4.57. The van der Waals surface area contributed by atoms with Crippen molar-refractivity contribution in [3.63, 3.8) is 0 Å². The number of esters is 1. The van der Waals surface area contributed by atoms with E-state index < -0.39 is 5.97 Å². The zero-order valence-electron chi connectivity index (χ0n) is 11.6. The minimum atomic E-state index is -0.424. The fourth-order valence-corrected chi connectivity index (χ4v) is 1.86. The molecule has 0 aliphatic heterocycles. The first-order valence-electron chi connectivity index (χ1n) is 6.47. The molecule has 0 unspecified atom stereocenters. The minimum Gasteiger partial charge on any atom is -0.457 e. The van der Waals surface area contributed by atoms with E-state index in [1.807, 2.05) is 12.1 Å². The van der Waals surface area contributed by atoms with Gasteiger partial charge in [0, 0.05) is 11.4 Å². The average molecular weight is 281 g/mol. The van der Waals surface area contributed by atoms with Gasteiger partial charge in [-0.1, -0.05) is 30.4 Å². The number of hydrogen-bond donors (Lipinski definition) is 2. The van der Waals surface area contributed by atoms with Crippen LogP contribution >= 0.6 is 0 Å². The third-order valence-electron chi connectivity index (χ3n) is 2.94. The highest BCUT2D eigenvalue weighted by Crippen LogP contribution is 2.17. The molecule has 2 rings (SSSR count). The maximum atomic E-state index is 12.2. The number of anilines is 2. The molecule has 107 valence electrons. The highest BCUT2D eigenvalue weighted by Gasteiger charge is 2.12. The molecule has 0 spiro atoms. The quantitative estimate of drug-likeness (QED) is 0.667. The Bertz CT molecular complexity index is 661. The summed E-state index contributed by atoms with van der Waals surface area (Å²) < 4.78 is 5.31. The molecule has 0 heterocycles. The zero-order chi connectivity index (χ0) is 15.2. The summed E-state index contributed by atoms with van der Waals surface area (Å²) in [5.41, 5.74) is 14.5. The van der Waals surface area contributed by atoms with E-state index in [1.54, 1.807) is 42.5 Å². The van der Waals surface area contributed by atoms with Gasteiger partial charge in [0.15, 0.2) is 0 Å². The third-order valence-corrected chi connectivity index (χ3v) is 2.94. The van der Waals surface area contributed by atoms with Crippen LogP contribution in [-0.2, 0) is 11.3 Å². The van der Waals surface area contributed by atoms with E-state index in [2.05, 4.69) is 6.92 Å². The van der Waals surface area contributed by atoms with Gasteiger partial charge in [0.25, 0.3) is 0 Å². The van der Waals surface area contributed by atoms with Crippen molar-refractivity contribution < 1.29 is 9.53 Å². The van der Waals surface area contributed by atoms with Crippen LogP contribution in [-0.4, -0.2) is 5.97 Å². The molecule has 0 fully saturated rings. The number of nitrogen functional groups attached to an aromatic ring is 2. The first-order valence-corrected chi connectivity index (χ1v) is 6.47. The Kier molecular flexibility index (Phi) is 4.61. The van der Waals surface area contributed by atoms with Crippen molar-refractivity contribution in [2.45, 2.75) is 6.61 Å². The van der Waals surface area contributed by atoms with E-state index in [0.29, 0.717) is 16.9 Å². The van der Waals surface area contributed by atoms with Crippen molar-refractivity contribution in [1.82, 2.24) is 0 Å². The van der Waals surface area contributed by atoms with Crippen LogP contribution in [0.5, 0.6) is 0 Å². The standard InChI is InChI=1S/C17H17N2O2/c1-2-3-13-6-9-15(19)10-16(13)17(20)21-11-12-4-7-14(18)8-5-12/h2-10H,1,11,18-19H2/b3-2+. The molecule has 4 nitrogen and oxygen atoms in total. The van der Waals surface area contributed by atoms with Crippen LogP contribution in [0.4, 0.5) is 11.4 Å². The Morgan fingerprint density at radius 3 is 2.43 bits per heavy atom. The van der Waals surface area contributed by atoms with Crippen LogP contribution in [0.1, 0.15) is 21.5 Å². The Labute approximate surface area is 124 Å². The van der Waals surface area contributed by atoms with Gasteiger partial charge in [-0.25, -0.2) is 4.79 Å². The minimum absolute atomic E-state index is 0.182. The number of carbonyl (C=O) groups is 1. The Morgan fingerprint density at radius 1 is 1.10 bits per heavy atom. The van der Waals surface area contributed by atoms with E-state index in [1.165, 1.54) is 0 Å². The molecule has 4 N–H and O–H groups in total. The summed E-state index contributed by atoms with van der Waals surface area (Å²) in [6.45, 7) is 3.81. The number of rotatable bonds is 4. The topological polar surface area (TPSA) is 78.3 Å². The van der Waals surface area contributed by atoms with Gasteiger partial charge in [0.1, 0.15) is 6.61 Å². The molecule has 0 amide bonds. The summed E-state index contributed by atoms with van der Waals surface area (Å²) in [4.78, 5) is 12.2. The predicted molar refractivity (Wildman–Crippen MR) is 85.2 cm³/mol. The van der Waals surface area contributed by atoms with E-state index in [4.69, 9.17) is 16.2 Å². The first-order chi connectivity index (χ1) is 10.1. The lowest BCUT2D eigenvalue weighted by Gasteiger charge is -2.08. The molecule has 0 saturated heterocycles. The predicted octanol–water partition coefficient (Wildman–Crippen LogP) is 3.06. The lowest BCUT2D eigenvalue weighted by atomic mass is 10.1. The Morgan fingerprint density at radius 2 is 1.76 bits per heavy atom. The summed E-state index contributed by atoms with van der Waals surface area (Å²) in [6.07, 6.45) is 3.35. The zero-order valence-corrected chi connectivity index (χ0v) is 11.6. The molecule has 0 aliphatic carbocycles. The number of carbonyl (C=O) groups excluding carboxylic acids is 1. The number of nitrogens with two attached hydrogens (primary N) is 2. The normalized spacial score (nSPS) is 10.7. The van der Waals surface area contributed by atoms with Crippen molar-refractivity contribution in [3.05, 3.63) is 72.2 Å². The fourth-order valence-electron chi connectivity index (χ4n) is 1.86. The molecular formula is C17H17N2O2. The van der Waals surface area contributed by atoms with Gasteiger partial charge >= 0.3 is 5.97 Å². The summed E-state index contributed by atoms with van der Waals surface area (Å²) in [5, 5.41) is 0. The van der Waals surface area contributed by atoms with Crippen molar-refractivity contribution in [2.24, 2.45) is 0 Å². The smallest absolute Gasteiger partial charge is 0.339 e. The molecule has 0 aromatic heterocycles. The molecule has 2 aromatic carbocycles. The number of ether oxygens (including phenoxy) is 1. The molecule has 1 radical (unpaired) electrons. The van der Waals surface area contributed by atoms with Gasteiger partial charge in [0.2, 0.25) is 0 Å². The maximum Gasteiger partial charge on any atom is 0.339 e. The van der Waals surface area contributed by atoms with Crippen LogP contribution in [0.3, 0.4) is 0 Å². The van der Waals surface area contributed by atoms with Crippen LogP contribution in [0.25, 0.3) is 6.08 Å². The molecule has 21 heavy (non-hydrogen) atoms. The summed E-state index contributed by atoms with van der Waals surface area (Å²) in [5.74, 6) is -0.424. The molecular weight excluding hydrogens is 264 g/mol. The lowest BCUT2D eigenvalue weighted by Crippen LogP contribution is -2.08. The van der Waals surface area contributed by atoms with Gasteiger partial charge in [-0.15, -0.1) is 0 Å². The van der Waals surface area contributed by atoms with Crippen LogP contribution in [0.15, 0.2) is 48.5 Å². The van der Waals surface area contributed by atoms with Crippen molar-refractivity contribution in [1.29, 1.82) is 0 Å². The second kappa shape index (κ2) is 6.61. The van der Waals surface area contributed by atoms with Gasteiger partial charge in [-0.05, 0) is 42.3 Å². The highest BCUT2D eigenvalue weighted by atomic mass is 16.5. The highest BCUT2D eigenvalue weighted by molar-refractivity contribution is 5.94. The van der Waals surface area contributed by atoms with Crippen LogP contribution in [0.2, 0.25) is 0 Å². The Hall–Kier alpha value is -2.75. The molecule has 4 heteroatoms. The van der Waals surface area contributed by atoms with Gasteiger partial charge in [-0.2, -0.15) is 0 Å². The van der Waals surface area contributed by atoms with Crippen LogP contribution in [0, 0.1) is 6.92 Å².